The van der Waals surface area contributed by atoms with Crippen LogP contribution >= 0.6 is 0 Å². The van der Waals surface area contributed by atoms with Gasteiger partial charge in [0.1, 0.15) is 0 Å². The van der Waals surface area contributed by atoms with Gasteiger partial charge in [-0.05, 0) is 62.8 Å². The summed E-state index contributed by atoms with van der Waals surface area (Å²) in [6, 6.07) is 3.45. The third kappa shape index (κ3) is 3.34. The van der Waals surface area contributed by atoms with Crippen molar-refractivity contribution >= 4 is 16.0 Å². The predicted octanol–water partition coefficient (Wildman–Crippen LogP) is 3.25. The predicted molar refractivity (Wildman–Crippen MR) is 86.6 cm³/mol. The van der Waals surface area contributed by atoms with E-state index in [9.17, 15) is 26.4 Å². The maximum Gasteiger partial charge on any atom is 0.416 e. The number of esters is 1. The van der Waals surface area contributed by atoms with Crippen molar-refractivity contribution in [3.8, 4) is 0 Å². The number of carbonyl (C=O) groups is 1. The first kappa shape index (κ1) is 19.2. The Morgan fingerprint density at radius 1 is 1.04 bits per heavy atom. The summed E-state index contributed by atoms with van der Waals surface area (Å²) in [5.41, 5.74) is -2.08. The minimum atomic E-state index is -4.52. The zero-order valence-electron chi connectivity index (χ0n) is 14.2. The molecule has 5 nitrogen and oxygen atoms in total. The second-order valence-electron chi connectivity index (χ2n) is 7.18. The molecule has 0 radical (unpaired) electrons. The Bertz CT molecular complexity index is 778. The molecule has 0 spiro atoms. The van der Waals surface area contributed by atoms with Crippen molar-refractivity contribution in [3.05, 3.63) is 29.8 Å². The van der Waals surface area contributed by atoms with Crippen molar-refractivity contribution in [2.45, 2.75) is 55.1 Å². The Hall–Kier alpha value is -1.61. The van der Waals surface area contributed by atoms with Gasteiger partial charge in [0.15, 0.2) is 0 Å². The topological polar surface area (TPSA) is 72.5 Å². The van der Waals surface area contributed by atoms with Gasteiger partial charge < -0.3 is 4.74 Å². The van der Waals surface area contributed by atoms with Crippen LogP contribution in [-0.4, -0.2) is 27.0 Å². The first-order chi connectivity index (χ1) is 12.0. The van der Waals surface area contributed by atoms with E-state index in [4.69, 9.17) is 4.74 Å². The lowest BCUT2D eigenvalue weighted by atomic mass is 9.57. The Balaban J connectivity index is 1.76. The molecule has 144 valence electrons. The van der Waals surface area contributed by atoms with Crippen molar-refractivity contribution in [2.75, 3.05) is 7.11 Å². The number of alkyl halides is 3. The van der Waals surface area contributed by atoms with Gasteiger partial charge in [-0.2, -0.15) is 13.2 Å². The second kappa shape index (κ2) is 6.23. The molecule has 1 aromatic carbocycles. The van der Waals surface area contributed by atoms with Gasteiger partial charge in [0.2, 0.25) is 10.0 Å². The van der Waals surface area contributed by atoms with E-state index in [1.54, 1.807) is 0 Å². The Labute approximate surface area is 150 Å². The SMILES string of the molecule is COC(=O)C12CCC(NS(=O)(=O)c3ccc(C(F)(F)F)cc3)(CC1)CC2. The Kier molecular flexibility index (Phi) is 4.59. The molecular formula is C17H20F3NO4S. The lowest BCUT2D eigenvalue weighted by molar-refractivity contribution is -0.160. The monoisotopic (exact) mass is 391 g/mol. The third-order valence-electron chi connectivity index (χ3n) is 5.71. The van der Waals surface area contributed by atoms with Crippen LogP contribution < -0.4 is 4.72 Å². The van der Waals surface area contributed by atoms with Gasteiger partial charge in [0, 0.05) is 5.54 Å². The van der Waals surface area contributed by atoms with Crippen LogP contribution in [0, 0.1) is 5.41 Å². The van der Waals surface area contributed by atoms with Crippen molar-refractivity contribution < 1.29 is 31.1 Å². The van der Waals surface area contributed by atoms with Gasteiger partial charge in [-0.25, -0.2) is 13.1 Å². The van der Waals surface area contributed by atoms with Crippen LogP contribution in [0.25, 0.3) is 0 Å². The standard InChI is InChI=1S/C17H20F3NO4S/c1-25-14(22)15-6-9-16(10-7-15,11-8-15)21-26(23,24)13-4-2-12(3-5-13)17(18,19)20/h2-5,21H,6-11H2,1H3. The summed E-state index contributed by atoms with van der Waals surface area (Å²) < 4.78 is 70.7. The van der Waals surface area contributed by atoms with Crippen LogP contribution in [0.5, 0.6) is 0 Å². The van der Waals surface area contributed by atoms with Crippen LogP contribution in [0.1, 0.15) is 44.1 Å². The van der Waals surface area contributed by atoms with E-state index in [1.165, 1.54) is 7.11 Å². The normalized spacial score (nSPS) is 28.8. The molecule has 26 heavy (non-hydrogen) atoms. The van der Waals surface area contributed by atoms with E-state index in [1.807, 2.05) is 0 Å². The highest BCUT2D eigenvalue weighted by Crippen LogP contribution is 2.53. The summed E-state index contributed by atoms with van der Waals surface area (Å²) in [6.45, 7) is 0. The number of halogens is 3. The van der Waals surface area contributed by atoms with E-state index in [-0.39, 0.29) is 10.9 Å². The number of hydrogen-bond donors (Lipinski definition) is 1. The number of rotatable bonds is 4. The molecule has 9 heteroatoms. The fourth-order valence-electron chi connectivity index (χ4n) is 4.03. The average Bonchev–Trinajstić information content (AvgIpc) is 2.61. The maximum absolute atomic E-state index is 12.6. The molecule has 3 saturated carbocycles. The molecule has 0 unspecified atom stereocenters. The molecule has 2 bridgehead atoms. The summed E-state index contributed by atoms with van der Waals surface area (Å²) in [6.07, 6.45) is -1.40. The zero-order chi connectivity index (χ0) is 19.2. The Morgan fingerprint density at radius 3 is 1.96 bits per heavy atom. The summed E-state index contributed by atoms with van der Waals surface area (Å²) in [5.74, 6) is -0.253. The van der Waals surface area contributed by atoms with E-state index < -0.39 is 32.7 Å². The van der Waals surface area contributed by atoms with Gasteiger partial charge in [-0.3, -0.25) is 4.79 Å². The molecule has 3 aliphatic rings. The molecule has 4 rings (SSSR count). The molecule has 0 saturated heterocycles. The van der Waals surface area contributed by atoms with Crippen molar-refractivity contribution in [3.63, 3.8) is 0 Å². The van der Waals surface area contributed by atoms with Crippen LogP contribution in [0.3, 0.4) is 0 Å². The summed E-state index contributed by atoms with van der Waals surface area (Å²) >= 11 is 0. The van der Waals surface area contributed by atoms with Gasteiger partial charge in [-0.1, -0.05) is 0 Å². The largest absolute Gasteiger partial charge is 0.469 e. The highest BCUT2D eigenvalue weighted by Gasteiger charge is 2.54. The average molecular weight is 391 g/mol. The van der Waals surface area contributed by atoms with Crippen LogP contribution in [0.2, 0.25) is 0 Å². The minimum absolute atomic E-state index is 0.199. The highest BCUT2D eigenvalue weighted by atomic mass is 32.2. The van der Waals surface area contributed by atoms with Crippen molar-refractivity contribution in [2.24, 2.45) is 5.41 Å². The molecule has 0 aliphatic heterocycles. The number of benzene rings is 1. The minimum Gasteiger partial charge on any atom is -0.469 e. The molecule has 0 aromatic heterocycles. The molecule has 3 aliphatic carbocycles. The summed E-state index contributed by atoms with van der Waals surface area (Å²) in [7, 11) is -2.60. The first-order valence-electron chi connectivity index (χ1n) is 8.32. The van der Waals surface area contributed by atoms with Crippen LogP contribution in [0.15, 0.2) is 29.2 Å². The molecule has 3 fully saturated rings. The van der Waals surface area contributed by atoms with Gasteiger partial charge in [0.25, 0.3) is 0 Å². The zero-order valence-corrected chi connectivity index (χ0v) is 15.0. The summed E-state index contributed by atoms with van der Waals surface area (Å²) in [5, 5.41) is 0. The van der Waals surface area contributed by atoms with Crippen LogP contribution in [0.4, 0.5) is 13.2 Å². The lowest BCUT2D eigenvalue weighted by Crippen LogP contribution is -2.58. The molecular weight excluding hydrogens is 371 g/mol. The number of sulfonamides is 1. The molecule has 1 aromatic rings. The number of carbonyl (C=O) groups excluding carboxylic acids is 1. The van der Waals surface area contributed by atoms with Gasteiger partial charge in [0.05, 0.1) is 23.0 Å². The van der Waals surface area contributed by atoms with E-state index in [0.29, 0.717) is 38.5 Å². The highest BCUT2D eigenvalue weighted by molar-refractivity contribution is 7.89. The van der Waals surface area contributed by atoms with E-state index in [2.05, 4.69) is 4.72 Å². The Morgan fingerprint density at radius 2 is 1.54 bits per heavy atom. The number of methoxy groups -OCH3 is 1. The van der Waals surface area contributed by atoms with Crippen LogP contribution in [-0.2, 0) is 25.7 Å². The summed E-state index contributed by atoms with van der Waals surface area (Å²) in [4.78, 5) is 11.8. The number of ether oxygens (including phenoxy) is 1. The quantitative estimate of drug-likeness (QED) is 0.800. The lowest BCUT2D eigenvalue weighted by Gasteiger charge is -2.51. The number of hydrogen-bond acceptors (Lipinski definition) is 4. The smallest absolute Gasteiger partial charge is 0.416 e. The fraction of sp³-hybridized carbons (Fsp3) is 0.588. The molecule has 0 amide bonds. The number of nitrogens with one attached hydrogen (secondary N) is 1. The fourth-order valence-corrected chi connectivity index (χ4v) is 5.52. The van der Waals surface area contributed by atoms with E-state index >= 15 is 0 Å². The molecule has 0 heterocycles. The number of fused-ring (bicyclic) bond motifs is 3. The van der Waals surface area contributed by atoms with Gasteiger partial charge >= 0.3 is 12.1 Å². The third-order valence-corrected chi connectivity index (χ3v) is 7.30. The molecule has 1 N–H and O–H groups in total. The van der Waals surface area contributed by atoms with Gasteiger partial charge in [-0.15, -0.1) is 0 Å². The second-order valence-corrected chi connectivity index (χ2v) is 8.86. The van der Waals surface area contributed by atoms with Crippen molar-refractivity contribution in [1.29, 1.82) is 0 Å². The van der Waals surface area contributed by atoms with E-state index in [0.717, 1.165) is 24.3 Å². The molecule has 0 atom stereocenters. The maximum atomic E-state index is 12.6. The first-order valence-corrected chi connectivity index (χ1v) is 9.80. The van der Waals surface area contributed by atoms with Crippen molar-refractivity contribution in [1.82, 2.24) is 4.72 Å².